The Balaban J connectivity index is 5.64. The summed E-state index contributed by atoms with van der Waals surface area (Å²) in [5, 5.41) is 2.01. The molecule has 0 aromatic carbocycles. The molecule has 27 heavy (non-hydrogen) atoms. The van der Waals surface area contributed by atoms with Gasteiger partial charge in [-0.1, -0.05) is 66.6 Å². The maximum absolute atomic E-state index is 12.6. The van der Waals surface area contributed by atoms with Crippen LogP contribution in [0.5, 0.6) is 0 Å². The van der Waals surface area contributed by atoms with E-state index in [-0.39, 0.29) is 12.4 Å². The summed E-state index contributed by atoms with van der Waals surface area (Å²) in [6.07, 6.45) is 3.88. The van der Waals surface area contributed by atoms with E-state index in [0.717, 1.165) is 38.8 Å². The molecule has 0 amide bonds. The molecular weight excluding hydrogens is 378 g/mol. The Morgan fingerprint density at radius 1 is 1.00 bits per heavy atom. The van der Waals surface area contributed by atoms with Crippen LogP contribution >= 0.6 is 24.4 Å². The summed E-state index contributed by atoms with van der Waals surface area (Å²) in [6, 6.07) is 0. The topological polar surface area (TPSA) is 38.8 Å². The summed E-state index contributed by atoms with van der Waals surface area (Å²) >= 11 is 11.1. The Labute approximate surface area is 177 Å². The van der Waals surface area contributed by atoms with E-state index in [1.165, 1.54) is 0 Å². The quantitative estimate of drug-likeness (QED) is 0.207. The molecule has 1 atom stereocenters. The third kappa shape index (κ3) is 9.95. The van der Waals surface area contributed by atoms with E-state index in [1.54, 1.807) is 5.37 Å². The summed E-state index contributed by atoms with van der Waals surface area (Å²) in [4.78, 5) is 14.8. The largest absolute Gasteiger partial charge is 0.485 e. The van der Waals surface area contributed by atoms with Crippen LogP contribution in [0, 0.1) is 11.8 Å². The summed E-state index contributed by atoms with van der Waals surface area (Å²) in [6.45, 7) is 15.3. The van der Waals surface area contributed by atoms with Crippen molar-refractivity contribution in [3.63, 3.8) is 0 Å². The first-order chi connectivity index (χ1) is 12.7. The Kier molecular flexibility index (Phi) is 14.1. The second kappa shape index (κ2) is 14.4. The average Bonchev–Trinajstić information content (AvgIpc) is 2.58. The molecule has 0 saturated carbocycles. The van der Waals surface area contributed by atoms with Crippen LogP contribution in [0.15, 0.2) is 0 Å². The lowest BCUT2D eigenvalue weighted by Gasteiger charge is -2.42. The van der Waals surface area contributed by atoms with Crippen LogP contribution in [0.25, 0.3) is 0 Å². The van der Waals surface area contributed by atoms with E-state index >= 15 is 0 Å². The number of nitrogens with zero attached hydrogens (tertiary/aromatic N) is 1. The molecule has 0 N–H and O–H groups in total. The maximum atomic E-state index is 12.6. The molecule has 0 spiro atoms. The van der Waals surface area contributed by atoms with E-state index < -0.39 is 5.54 Å². The number of thiocarbonyl (C=S) groups is 2. The zero-order valence-corrected chi connectivity index (χ0v) is 19.7. The van der Waals surface area contributed by atoms with Crippen molar-refractivity contribution in [2.75, 3.05) is 26.3 Å². The fourth-order valence-electron chi connectivity index (χ4n) is 2.79. The molecule has 0 fully saturated rings. The minimum absolute atomic E-state index is 0.102. The van der Waals surface area contributed by atoms with Crippen LogP contribution in [0.2, 0.25) is 0 Å². The minimum atomic E-state index is -0.893. The zero-order chi connectivity index (χ0) is 20.9. The molecule has 158 valence electrons. The van der Waals surface area contributed by atoms with Crippen molar-refractivity contribution in [2.24, 2.45) is 11.8 Å². The lowest BCUT2D eigenvalue weighted by Crippen LogP contribution is -2.59. The van der Waals surface area contributed by atoms with Gasteiger partial charge < -0.3 is 9.47 Å². The number of esters is 1. The van der Waals surface area contributed by atoms with Gasteiger partial charge in [-0.2, -0.15) is 0 Å². The summed E-state index contributed by atoms with van der Waals surface area (Å²) in [5.41, 5.74) is -0.893. The molecule has 1 unspecified atom stereocenters. The van der Waals surface area contributed by atoms with Gasteiger partial charge in [0, 0.05) is 18.5 Å². The molecule has 0 aromatic heterocycles. The SMILES string of the molecule is CCCCOC(=O)CC(C=S)(C(=S)OCCCC)N(CC(C)C)CC(C)C. The molecule has 0 aliphatic carbocycles. The van der Waals surface area contributed by atoms with Crippen LogP contribution in [-0.2, 0) is 14.3 Å². The Morgan fingerprint density at radius 3 is 1.89 bits per heavy atom. The van der Waals surface area contributed by atoms with Crippen molar-refractivity contribution in [2.45, 2.75) is 79.2 Å². The first-order valence-electron chi connectivity index (χ1n) is 10.3. The molecule has 0 aromatic rings. The van der Waals surface area contributed by atoms with Crippen LogP contribution in [-0.4, -0.2) is 53.1 Å². The molecule has 0 bridgehead atoms. The smallest absolute Gasteiger partial charge is 0.308 e. The highest BCUT2D eigenvalue weighted by molar-refractivity contribution is 7.81. The molecule has 0 heterocycles. The number of ether oxygens (including phenoxy) is 2. The molecule has 0 rings (SSSR count). The number of carbonyl (C=O) groups excluding carboxylic acids is 1. The van der Waals surface area contributed by atoms with Crippen molar-refractivity contribution >= 4 is 40.8 Å². The van der Waals surface area contributed by atoms with Crippen LogP contribution in [0.3, 0.4) is 0 Å². The van der Waals surface area contributed by atoms with E-state index in [4.69, 9.17) is 33.9 Å². The highest BCUT2D eigenvalue weighted by Crippen LogP contribution is 2.26. The molecule has 0 saturated heterocycles. The average molecular weight is 418 g/mol. The third-order valence-electron chi connectivity index (χ3n) is 4.19. The van der Waals surface area contributed by atoms with Crippen LogP contribution in [0.4, 0.5) is 0 Å². The summed E-state index contributed by atoms with van der Waals surface area (Å²) < 4.78 is 11.3. The molecule has 0 radical (unpaired) electrons. The van der Waals surface area contributed by atoms with Gasteiger partial charge in [-0.15, -0.1) is 0 Å². The highest BCUT2D eigenvalue weighted by Gasteiger charge is 2.43. The number of rotatable bonds is 15. The van der Waals surface area contributed by atoms with Crippen LogP contribution in [0.1, 0.15) is 73.6 Å². The normalized spacial score (nSPS) is 13.7. The van der Waals surface area contributed by atoms with Gasteiger partial charge in [0.1, 0.15) is 5.54 Å². The van der Waals surface area contributed by atoms with E-state index in [0.29, 0.717) is 30.1 Å². The van der Waals surface area contributed by atoms with Gasteiger partial charge in [-0.25, -0.2) is 0 Å². The Hall–Kier alpha value is -0.590. The number of unbranched alkanes of at least 4 members (excludes halogenated alkanes) is 2. The molecule has 6 heteroatoms. The molecule has 4 nitrogen and oxygen atoms in total. The van der Waals surface area contributed by atoms with Gasteiger partial charge in [0.2, 0.25) is 0 Å². The molecular formula is C21H39NO3S2. The van der Waals surface area contributed by atoms with Crippen molar-refractivity contribution in [1.29, 1.82) is 0 Å². The van der Waals surface area contributed by atoms with Crippen molar-refractivity contribution < 1.29 is 14.3 Å². The monoisotopic (exact) mass is 417 g/mol. The van der Waals surface area contributed by atoms with E-state index in [9.17, 15) is 4.79 Å². The number of hydrogen-bond donors (Lipinski definition) is 0. The number of carbonyl (C=O) groups is 1. The Bertz CT molecular complexity index is 445. The van der Waals surface area contributed by atoms with Gasteiger partial charge in [0.15, 0.2) is 5.05 Å². The zero-order valence-electron chi connectivity index (χ0n) is 18.1. The second-order valence-electron chi connectivity index (χ2n) is 7.98. The van der Waals surface area contributed by atoms with E-state index in [2.05, 4.69) is 46.4 Å². The van der Waals surface area contributed by atoms with Gasteiger partial charge in [-0.3, -0.25) is 9.69 Å². The van der Waals surface area contributed by atoms with Gasteiger partial charge >= 0.3 is 5.97 Å². The first kappa shape index (κ1) is 26.4. The highest BCUT2D eigenvalue weighted by atomic mass is 32.1. The molecule has 0 aliphatic heterocycles. The predicted octanol–water partition coefficient (Wildman–Crippen LogP) is 5.22. The van der Waals surface area contributed by atoms with Crippen molar-refractivity contribution in [3.8, 4) is 0 Å². The van der Waals surface area contributed by atoms with Crippen LogP contribution < -0.4 is 0 Å². The number of hydrogen-bond acceptors (Lipinski definition) is 6. The Morgan fingerprint density at radius 2 is 1.48 bits per heavy atom. The van der Waals surface area contributed by atoms with Gasteiger partial charge in [-0.05, 0) is 36.9 Å². The fourth-order valence-corrected chi connectivity index (χ4v) is 3.55. The fraction of sp³-hybridized carbons (Fsp3) is 0.857. The lowest BCUT2D eigenvalue weighted by atomic mass is 9.93. The summed E-state index contributed by atoms with van der Waals surface area (Å²) in [7, 11) is 0. The standard InChI is InChI=1S/C21H39NO3S2/c1-7-9-11-24-19(23)13-21(16-26,20(27)25-12-10-8-2)22(14-17(3)4)15-18(5)6/h16-18H,7-15H2,1-6H3. The second-order valence-corrected chi connectivity index (χ2v) is 8.58. The van der Waals surface area contributed by atoms with Gasteiger partial charge in [0.05, 0.1) is 19.6 Å². The summed E-state index contributed by atoms with van der Waals surface area (Å²) in [5.74, 6) is 0.545. The third-order valence-corrected chi connectivity index (χ3v) is 5.05. The molecule has 0 aliphatic rings. The van der Waals surface area contributed by atoms with E-state index in [1.807, 2.05) is 0 Å². The first-order valence-corrected chi connectivity index (χ1v) is 11.2. The lowest BCUT2D eigenvalue weighted by molar-refractivity contribution is -0.145. The predicted molar refractivity (Wildman–Crippen MR) is 122 cm³/mol. The van der Waals surface area contributed by atoms with Crippen molar-refractivity contribution in [1.82, 2.24) is 4.90 Å². The minimum Gasteiger partial charge on any atom is -0.485 e. The van der Waals surface area contributed by atoms with Gasteiger partial charge in [0.25, 0.3) is 0 Å². The van der Waals surface area contributed by atoms with Crippen molar-refractivity contribution in [3.05, 3.63) is 0 Å². The maximum Gasteiger partial charge on any atom is 0.308 e.